The molecule has 3 aromatic heterocycles. The van der Waals surface area contributed by atoms with E-state index in [1.54, 1.807) is 0 Å². The van der Waals surface area contributed by atoms with Crippen LogP contribution in [0.4, 0.5) is 13.2 Å². The first-order valence-electron chi connectivity index (χ1n) is 12.0. The van der Waals surface area contributed by atoms with E-state index in [4.69, 9.17) is 4.98 Å². The maximum Gasteiger partial charge on any atom is 0.394 e. The van der Waals surface area contributed by atoms with E-state index in [1.807, 2.05) is 34.9 Å². The van der Waals surface area contributed by atoms with E-state index in [2.05, 4.69) is 51.8 Å². The van der Waals surface area contributed by atoms with E-state index in [-0.39, 0.29) is 22.1 Å². The van der Waals surface area contributed by atoms with Crippen molar-refractivity contribution >= 4 is 27.6 Å². The first kappa shape index (κ1) is 21.6. The van der Waals surface area contributed by atoms with Gasteiger partial charge in [0.15, 0.2) is 5.52 Å². The molecule has 4 aromatic rings. The van der Waals surface area contributed by atoms with Gasteiger partial charge in [-0.2, -0.15) is 17.6 Å². The predicted molar refractivity (Wildman–Crippen MR) is 128 cm³/mol. The third-order valence-corrected chi connectivity index (χ3v) is 8.41. The smallest absolute Gasteiger partial charge is 0.248 e. The highest BCUT2D eigenvalue weighted by Gasteiger charge is 2.78. The molecule has 0 bridgehead atoms. The van der Waals surface area contributed by atoms with Crippen molar-refractivity contribution in [2.75, 3.05) is 0 Å². The summed E-state index contributed by atoms with van der Waals surface area (Å²) in [5, 5.41) is 0.974. The highest BCUT2D eigenvalue weighted by molar-refractivity contribution is 6.07. The van der Waals surface area contributed by atoms with Gasteiger partial charge in [-0.15, -0.1) is 0 Å². The lowest BCUT2D eigenvalue weighted by molar-refractivity contribution is -0.693. The summed E-state index contributed by atoms with van der Waals surface area (Å²) in [5.41, 5.74) is 5.67. The molecule has 1 fully saturated rings. The number of nitrogens with zero attached hydrogens (tertiary/aromatic N) is 3. The number of allylic oxidation sites excluding steroid dienone is 1. The average molecular weight is 465 g/mol. The minimum atomic E-state index is -4.36. The van der Waals surface area contributed by atoms with Crippen molar-refractivity contribution in [3.05, 3.63) is 65.5 Å². The lowest BCUT2D eigenvalue weighted by atomic mass is 9.77. The third-order valence-electron chi connectivity index (χ3n) is 8.41. The van der Waals surface area contributed by atoms with Gasteiger partial charge in [0, 0.05) is 6.07 Å². The van der Waals surface area contributed by atoms with Crippen LogP contribution < -0.4 is 4.57 Å². The molecule has 0 amide bonds. The highest BCUT2D eigenvalue weighted by atomic mass is 19.4. The van der Waals surface area contributed by atoms with E-state index in [0.29, 0.717) is 11.0 Å². The summed E-state index contributed by atoms with van der Waals surface area (Å²) in [6.07, 6.45) is -1.85. The number of rotatable bonds is 3. The van der Waals surface area contributed by atoms with E-state index >= 15 is 0 Å². The molecule has 0 spiro atoms. The lowest BCUT2D eigenvalue weighted by Crippen LogP contribution is -2.53. The van der Waals surface area contributed by atoms with Crippen LogP contribution in [0.1, 0.15) is 64.3 Å². The normalized spacial score (nSPS) is 23.9. The van der Waals surface area contributed by atoms with Crippen LogP contribution in [-0.4, -0.2) is 15.6 Å². The number of hydrogen-bond acceptors (Lipinski definition) is 1. The molecule has 1 aromatic carbocycles. The van der Waals surface area contributed by atoms with Gasteiger partial charge in [-0.3, -0.25) is 0 Å². The van der Waals surface area contributed by atoms with Gasteiger partial charge >= 0.3 is 6.18 Å². The maximum absolute atomic E-state index is 13.8. The second-order valence-corrected chi connectivity index (χ2v) is 10.9. The molecule has 6 rings (SSSR count). The number of aromatic nitrogens is 3. The van der Waals surface area contributed by atoms with Gasteiger partial charge in [-0.05, 0) is 47.1 Å². The van der Waals surface area contributed by atoms with Crippen molar-refractivity contribution in [1.82, 2.24) is 9.38 Å². The van der Waals surface area contributed by atoms with E-state index in [0.717, 1.165) is 40.5 Å². The Labute approximate surface area is 196 Å². The molecule has 2 atom stereocenters. The van der Waals surface area contributed by atoms with E-state index in [9.17, 15) is 13.2 Å². The zero-order chi connectivity index (χ0) is 24.4. The van der Waals surface area contributed by atoms with Gasteiger partial charge in [-0.1, -0.05) is 53.3 Å². The maximum atomic E-state index is 13.8. The monoisotopic (exact) mass is 464 g/mol. The first-order valence-corrected chi connectivity index (χ1v) is 12.0. The molecule has 34 heavy (non-hydrogen) atoms. The van der Waals surface area contributed by atoms with Crippen molar-refractivity contribution in [3.8, 4) is 0 Å². The number of alkyl halides is 3. The molecule has 2 unspecified atom stereocenters. The summed E-state index contributed by atoms with van der Waals surface area (Å²) in [5.74, 6) is 0. The Morgan fingerprint density at radius 1 is 1.09 bits per heavy atom. The first-order chi connectivity index (χ1) is 15.9. The minimum absolute atomic E-state index is 0.0773. The Morgan fingerprint density at radius 2 is 1.82 bits per heavy atom. The molecular formula is C28H29F3N3+. The molecule has 4 heterocycles. The van der Waals surface area contributed by atoms with Crippen molar-refractivity contribution in [2.45, 2.75) is 76.4 Å². The van der Waals surface area contributed by atoms with E-state index in [1.165, 1.54) is 5.56 Å². The minimum Gasteiger partial charge on any atom is -0.248 e. The molecule has 0 N–H and O–H groups in total. The number of pyridine rings is 2. The topological polar surface area (TPSA) is 21.2 Å². The molecule has 1 aliphatic heterocycles. The van der Waals surface area contributed by atoms with Gasteiger partial charge in [0.2, 0.25) is 5.52 Å². The van der Waals surface area contributed by atoms with Crippen LogP contribution in [0.5, 0.6) is 0 Å². The molecule has 6 heteroatoms. The van der Waals surface area contributed by atoms with Crippen LogP contribution >= 0.6 is 0 Å². The number of fused-ring (bicyclic) bond motifs is 6. The quantitative estimate of drug-likeness (QED) is 0.245. The lowest BCUT2D eigenvalue weighted by Gasteiger charge is -2.30. The summed E-state index contributed by atoms with van der Waals surface area (Å²) in [6.45, 7) is 15.4. The van der Waals surface area contributed by atoms with Crippen LogP contribution in [0.15, 0.2) is 48.7 Å². The zero-order valence-electron chi connectivity index (χ0n) is 20.3. The van der Waals surface area contributed by atoms with Gasteiger partial charge in [0.05, 0.1) is 28.9 Å². The van der Waals surface area contributed by atoms with Gasteiger partial charge < -0.3 is 0 Å². The fourth-order valence-electron chi connectivity index (χ4n) is 6.93. The molecule has 176 valence electrons. The van der Waals surface area contributed by atoms with Gasteiger partial charge in [0.25, 0.3) is 5.65 Å². The fraction of sp³-hybridized carbons (Fsp3) is 0.429. The Hall–Kier alpha value is -2.89. The Morgan fingerprint density at radius 3 is 2.44 bits per heavy atom. The van der Waals surface area contributed by atoms with E-state index < -0.39 is 12.6 Å². The zero-order valence-corrected chi connectivity index (χ0v) is 20.3. The van der Waals surface area contributed by atoms with Crippen molar-refractivity contribution in [2.24, 2.45) is 0 Å². The highest BCUT2D eigenvalue weighted by Crippen LogP contribution is 2.71. The average Bonchev–Trinajstić information content (AvgIpc) is 3.12. The van der Waals surface area contributed by atoms with Crippen molar-refractivity contribution in [3.63, 3.8) is 0 Å². The largest absolute Gasteiger partial charge is 0.394 e. The molecule has 3 nitrogen and oxygen atoms in total. The van der Waals surface area contributed by atoms with Crippen LogP contribution in [0.2, 0.25) is 0 Å². The molecule has 1 aliphatic carbocycles. The third kappa shape index (κ3) is 2.30. The predicted octanol–water partition coefficient (Wildman–Crippen LogP) is 6.67. The summed E-state index contributed by atoms with van der Waals surface area (Å²) in [4.78, 5) is 4.73. The number of benzene rings is 1. The fourth-order valence-corrected chi connectivity index (χ4v) is 6.93. The number of halogens is 3. The van der Waals surface area contributed by atoms with Crippen LogP contribution in [0, 0.1) is 0 Å². The SMILES string of the molecule is C=C1C2(CC)c3cc(C(C)(C)C)cc4nc(CC(F)(F)F)c5c(c34)[n+](c3ccccn53)C12CC. The molecule has 1 saturated carbocycles. The Bertz CT molecular complexity index is 1550. The standard InChI is InChI=1S/C28H29F3N3/c1-7-26-16(3)27(26,8-2)34-21-11-9-10-12-33(21)23-20(15-28(29,30)31)32-19-14-17(25(4,5)6)13-18(26)22(19)24(23)34/h9-14H,3,7-8,15H2,1-2,4-6H3/q+1. The Balaban J connectivity index is 1.92. The molecule has 0 radical (unpaired) electrons. The van der Waals surface area contributed by atoms with Crippen LogP contribution in [0.25, 0.3) is 27.6 Å². The summed E-state index contributed by atoms with van der Waals surface area (Å²) < 4.78 is 45.5. The van der Waals surface area contributed by atoms with Crippen molar-refractivity contribution < 1.29 is 17.7 Å². The summed E-state index contributed by atoms with van der Waals surface area (Å²) in [6, 6.07) is 10.1. The van der Waals surface area contributed by atoms with Crippen molar-refractivity contribution in [1.29, 1.82) is 0 Å². The molecular weight excluding hydrogens is 435 g/mol. The van der Waals surface area contributed by atoms with Crippen LogP contribution in [-0.2, 0) is 22.8 Å². The second kappa shape index (κ2) is 6.21. The van der Waals surface area contributed by atoms with Gasteiger partial charge in [-0.25, -0.2) is 9.55 Å². The summed E-state index contributed by atoms with van der Waals surface area (Å²) >= 11 is 0. The number of imidazole rings is 1. The number of hydrogen-bond donors (Lipinski definition) is 0. The van der Waals surface area contributed by atoms with Crippen LogP contribution in [0.3, 0.4) is 0 Å². The second-order valence-electron chi connectivity index (χ2n) is 10.9. The Kier molecular flexibility index (Phi) is 3.95. The molecule has 0 saturated heterocycles. The van der Waals surface area contributed by atoms with Gasteiger partial charge in [0.1, 0.15) is 11.2 Å². The molecule has 2 aliphatic rings. The summed E-state index contributed by atoms with van der Waals surface area (Å²) in [7, 11) is 0.